The van der Waals surface area contributed by atoms with Gasteiger partial charge in [0.2, 0.25) is 5.13 Å². The average Bonchev–Trinajstić information content (AvgIpc) is 3.01. The van der Waals surface area contributed by atoms with Crippen LogP contribution in [0.3, 0.4) is 0 Å². The molecule has 0 saturated carbocycles. The molecule has 0 aliphatic rings. The number of benzene rings is 2. The molecule has 10 heteroatoms. The van der Waals surface area contributed by atoms with Crippen molar-refractivity contribution >= 4 is 57.3 Å². The van der Waals surface area contributed by atoms with Gasteiger partial charge in [0, 0.05) is 21.9 Å². The number of amides is 1. The third-order valence-electron chi connectivity index (χ3n) is 3.20. The predicted octanol–water partition coefficient (Wildman–Crippen LogP) is 5.67. The molecule has 2 aromatic carbocycles. The van der Waals surface area contributed by atoms with Gasteiger partial charge in [0.15, 0.2) is 4.34 Å². The highest BCUT2D eigenvalue weighted by Crippen LogP contribution is 2.33. The van der Waals surface area contributed by atoms with Crippen molar-refractivity contribution in [2.45, 2.75) is 10.1 Å². The summed E-state index contributed by atoms with van der Waals surface area (Å²) < 4.78 is 27.1. The Morgan fingerprint density at radius 1 is 1.15 bits per heavy atom. The Bertz CT molecular complexity index is 948. The summed E-state index contributed by atoms with van der Waals surface area (Å²) >= 11 is 14.7. The van der Waals surface area contributed by atoms with Gasteiger partial charge in [0.05, 0.1) is 5.56 Å². The molecule has 0 unspecified atom stereocenters. The molecular formula is C16H9Cl2F2N3OS2. The van der Waals surface area contributed by atoms with Crippen molar-refractivity contribution in [3.63, 3.8) is 0 Å². The lowest BCUT2D eigenvalue weighted by Gasteiger charge is -2.04. The van der Waals surface area contributed by atoms with E-state index in [1.165, 1.54) is 11.8 Å². The van der Waals surface area contributed by atoms with Crippen LogP contribution in [0, 0.1) is 11.6 Å². The largest absolute Gasteiger partial charge is 0.296 e. The fourth-order valence-electron chi connectivity index (χ4n) is 1.96. The number of thioether (sulfide) groups is 1. The van der Waals surface area contributed by atoms with E-state index in [1.54, 1.807) is 18.2 Å². The summed E-state index contributed by atoms with van der Waals surface area (Å²) in [6.07, 6.45) is 0. The highest BCUT2D eigenvalue weighted by atomic mass is 35.5. The van der Waals surface area contributed by atoms with Gasteiger partial charge in [-0.2, -0.15) is 0 Å². The molecule has 0 saturated heterocycles. The van der Waals surface area contributed by atoms with Crippen LogP contribution >= 0.6 is 46.3 Å². The molecule has 134 valence electrons. The van der Waals surface area contributed by atoms with Gasteiger partial charge in [0.1, 0.15) is 11.6 Å². The lowest BCUT2D eigenvalue weighted by molar-refractivity contribution is 0.102. The van der Waals surface area contributed by atoms with E-state index in [-0.39, 0.29) is 10.7 Å². The Hall–Kier alpha value is -1.74. The highest BCUT2D eigenvalue weighted by Gasteiger charge is 2.15. The van der Waals surface area contributed by atoms with Crippen molar-refractivity contribution in [3.05, 3.63) is 69.2 Å². The molecule has 0 aliphatic heterocycles. The second-order valence-corrected chi connectivity index (χ2v) is 7.95. The van der Waals surface area contributed by atoms with Crippen LogP contribution in [0.2, 0.25) is 10.0 Å². The van der Waals surface area contributed by atoms with Gasteiger partial charge in [-0.25, -0.2) is 8.78 Å². The van der Waals surface area contributed by atoms with Crippen molar-refractivity contribution in [2.24, 2.45) is 0 Å². The number of hydrogen-bond acceptors (Lipinski definition) is 5. The molecule has 0 bridgehead atoms. The number of halogens is 4. The van der Waals surface area contributed by atoms with E-state index >= 15 is 0 Å². The first-order chi connectivity index (χ1) is 12.4. The van der Waals surface area contributed by atoms with E-state index in [0.29, 0.717) is 26.2 Å². The molecule has 1 heterocycles. The van der Waals surface area contributed by atoms with E-state index in [4.69, 9.17) is 23.2 Å². The van der Waals surface area contributed by atoms with Crippen LogP contribution in [0.4, 0.5) is 13.9 Å². The van der Waals surface area contributed by atoms with Gasteiger partial charge >= 0.3 is 0 Å². The SMILES string of the molecule is O=C(Nc1nnc(SCc2c(Cl)cccc2Cl)s1)c1ccc(F)cc1F. The molecule has 3 rings (SSSR count). The number of carbonyl (C=O) groups excluding carboxylic acids is 1. The van der Waals surface area contributed by atoms with Crippen LogP contribution in [0.25, 0.3) is 0 Å². The molecule has 0 atom stereocenters. The van der Waals surface area contributed by atoms with Gasteiger partial charge in [0.25, 0.3) is 5.91 Å². The van der Waals surface area contributed by atoms with E-state index in [9.17, 15) is 13.6 Å². The Morgan fingerprint density at radius 3 is 2.58 bits per heavy atom. The third-order valence-corrected chi connectivity index (χ3v) is 5.91. The molecular weight excluding hydrogens is 423 g/mol. The Balaban J connectivity index is 1.65. The van der Waals surface area contributed by atoms with E-state index < -0.39 is 17.5 Å². The zero-order valence-corrected chi connectivity index (χ0v) is 15.9. The van der Waals surface area contributed by atoms with Crippen molar-refractivity contribution in [2.75, 3.05) is 5.32 Å². The van der Waals surface area contributed by atoms with Gasteiger partial charge < -0.3 is 0 Å². The van der Waals surface area contributed by atoms with Crippen LogP contribution in [0.1, 0.15) is 15.9 Å². The molecule has 1 N–H and O–H groups in total. The Labute approximate surface area is 165 Å². The molecule has 3 aromatic rings. The standard InChI is InChI=1S/C16H9Cl2F2N3OS2/c17-11-2-1-3-12(18)10(11)7-25-16-23-22-15(26-16)21-14(24)9-5-4-8(19)6-13(9)20/h1-6H,7H2,(H,21,22,24). The summed E-state index contributed by atoms with van der Waals surface area (Å²) in [4.78, 5) is 12.0. The van der Waals surface area contributed by atoms with Crippen LogP contribution in [-0.4, -0.2) is 16.1 Å². The summed E-state index contributed by atoms with van der Waals surface area (Å²) in [6, 6.07) is 7.96. The topological polar surface area (TPSA) is 54.9 Å². The van der Waals surface area contributed by atoms with Gasteiger partial charge in [-0.1, -0.05) is 52.4 Å². The van der Waals surface area contributed by atoms with Crippen LogP contribution in [-0.2, 0) is 5.75 Å². The maximum absolute atomic E-state index is 13.6. The summed E-state index contributed by atoms with van der Waals surface area (Å²) in [6.45, 7) is 0. The maximum Gasteiger partial charge on any atom is 0.260 e. The number of aromatic nitrogens is 2. The van der Waals surface area contributed by atoms with Crippen LogP contribution < -0.4 is 5.32 Å². The van der Waals surface area contributed by atoms with Gasteiger partial charge in [-0.15, -0.1) is 10.2 Å². The number of nitrogens with zero attached hydrogens (tertiary/aromatic N) is 2. The molecule has 0 fully saturated rings. The zero-order chi connectivity index (χ0) is 18.7. The normalized spacial score (nSPS) is 10.8. The van der Waals surface area contributed by atoms with Gasteiger partial charge in [-0.3, -0.25) is 10.1 Å². The van der Waals surface area contributed by atoms with E-state index in [0.717, 1.165) is 29.0 Å². The van der Waals surface area contributed by atoms with Crippen LogP contribution in [0.15, 0.2) is 40.7 Å². The second-order valence-electron chi connectivity index (χ2n) is 4.94. The first-order valence-corrected chi connectivity index (χ1v) is 9.65. The quantitative estimate of drug-likeness (QED) is 0.417. The van der Waals surface area contributed by atoms with Crippen molar-refractivity contribution in [1.29, 1.82) is 0 Å². The third kappa shape index (κ3) is 4.50. The average molecular weight is 432 g/mol. The molecule has 4 nitrogen and oxygen atoms in total. The van der Waals surface area contributed by atoms with Crippen molar-refractivity contribution in [3.8, 4) is 0 Å². The van der Waals surface area contributed by atoms with Crippen molar-refractivity contribution < 1.29 is 13.6 Å². The monoisotopic (exact) mass is 431 g/mol. The molecule has 1 amide bonds. The highest BCUT2D eigenvalue weighted by molar-refractivity contribution is 8.00. The minimum absolute atomic E-state index is 0.200. The molecule has 0 aliphatic carbocycles. The first kappa shape index (κ1) is 19.0. The number of hydrogen-bond donors (Lipinski definition) is 1. The summed E-state index contributed by atoms with van der Waals surface area (Å²) in [5, 5.41) is 11.5. The lowest BCUT2D eigenvalue weighted by Crippen LogP contribution is -2.13. The Morgan fingerprint density at radius 2 is 1.88 bits per heavy atom. The summed E-state index contributed by atoms with van der Waals surface area (Å²) in [5.41, 5.74) is 0.494. The fraction of sp³-hybridized carbons (Fsp3) is 0.0625. The minimum Gasteiger partial charge on any atom is -0.296 e. The van der Waals surface area contributed by atoms with E-state index in [1.807, 2.05) is 0 Å². The molecule has 0 radical (unpaired) electrons. The van der Waals surface area contributed by atoms with E-state index in [2.05, 4.69) is 15.5 Å². The molecule has 0 spiro atoms. The number of carbonyl (C=O) groups is 1. The molecule has 1 aromatic heterocycles. The number of anilines is 1. The maximum atomic E-state index is 13.6. The summed E-state index contributed by atoms with van der Waals surface area (Å²) in [7, 11) is 0. The van der Waals surface area contributed by atoms with Gasteiger partial charge in [-0.05, 0) is 29.8 Å². The van der Waals surface area contributed by atoms with Crippen molar-refractivity contribution in [1.82, 2.24) is 10.2 Å². The summed E-state index contributed by atoms with van der Waals surface area (Å²) in [5.74, 6) is -1.96. The smallest absolute Gasteiger partial charge is 0.260 e. The number of nitrogens with one attached hydrogen (secondary N) is 1. The lowest BCUT2D eigenvalue weighted by atomic mass is 10.2. The first-order valence-electron chi connectivity index (χ1n) is 7.09. The molecule has 26 heavy (non-hydrogen) atoms. The Kier molecular flexibility index (Phi) is 6.08. The zero-order valence-electron chi connectivity index (χ0n) is 12.8. The fourth-order valence-corrected chi connectivity index (χ4v) is 4.45. The minimum atomic E-state index is -0.949. The predicted molar refractivity (Wildman–Crippen MR) is 100 cm³/mol. The number of rotatable bonds is 5. The second kappa shape index (κ2) is 8.30. The van der Waals surface area contributed by atoms with Crippen LogP contribution in [0.5, 0.6) is 0 Å².